The van der Waals surface area contributed by atoms with Crippen LogP contribution in [-0.4, -0.2) is 34.3 Å². The van der Waals surface area contributed by atoms with Crippen molar-refractivity contribution in [1.82, 2.24) is 4.90 Å². The Bertz CT molecular complexity index is 849. The maximum absolute atomic E-state index is 13.0. The zero-order chi connectivity index (χ0) is 18.1. The van der Waals surface area contributed by atoms with Crippen LogP contribution in [0, 0.1) is 5.82 Å². The predicted octanol–water partition coefficient (Wildman–Crippen LogP) is 3.25. The Hall–Kier alpha value is -2.89. The minimum Gasteiger partial charge on any atom is -0.503 e. The van der Waals surface area contributed by atoms with E-state index in [-0.39, 0.29) is 29.7 Å². The number of carbonyl (C=O) groups is 2. The van der Waals surface area contributed by atoms with Gasteiger partial charge in [0, 0.05) is 18.0 Å². The lowest BCUT2D eigenvalue weighted by molar-refractivity contribution is -0.129. The number of aliphatic hydroxyl groups excluding tert-OH is 1. The monoisotopic (exact) mass is 343 g/mol. The van der Waals surface area contributed by atoms with E-state index in [1.165, 1.54) is 23.3 Å². The first-order valence-electron chi connectivity index (χ1n) is 7.97. The molecule has 0 atom stereocenters. The first kappa shape index (κ1) is 17.0. The Morgan fingerprint density at radius 2 is 1.96 bits per heavy atom. The number of furan rings is 1. The minimum atomic E-state index is -0.551. The van der Waals surface area contributed by atoms with Gasteiger partial charge in [0.25, 0.3) is 5.91 Å². The summed E-state index contributed by atoms with van der Waals surface area (Å²) in [5.74, 6) is -1.83. The second-order valence-electron chi connectivity index (χ2n) is 6.26. The summed E-state index contributed by atoms with van der Waals surface area (Å²) in [6, 6.07) is 7.49. The number of halogens is 1. The van der Waals surface area contributed by atoms with Crippen LogP contribution in [0.5, 0.6) is 0 Å². The number of amides is 1. The van der Waals surface area contributed by atoms with E-state index in [1.54, 1.807) is 18.2 Å². The van der Waals surface area contributed by atoms with Crippen LogP contribution in [0.3, 0.4) is 0 Å². The van der Waals surface area contributed by atoms with Gasteiger partial charge in [-0.1, -0.05) is 12.1 Å². The van der Waals surface area contributed by atoms with Gasteiger partial charge in [-0.3, -0.25) is 9.59 Å². The third-order valence-corrected chi connectivity index (χ3v) is 4.24. The SMILES string of the molecule is CC(C)N1CC(C(=O)c2occc2Cc2ccc(F)cc2)=C(O)C1=O. The number of Topliss-reactive ketones (excluding diaryl/α,β-unsaturated/α-hetero) is 1. The lowest BCUT2D eigenvalue weighted by Gasteiger charge is -2.20. The normalized spacial score (nSPS) is 14.7. The summed E-state index contributed by atoms with van der Waals surface area (Å²) in [5.41, 5.74) is 1.47. The molecule has 1 amide bonds. The number of hydrogen-bond donors (Lipinski definition) is 1. The van der Waals surface area contributed by atoms with Gasteiger partial charge < -0.3 is 14.4 Å². The molecule has 0 unspecified atom stereocenters. The quantitative estimate of drug-likeness (QED) is 0.846. The molecule has 0 aliphatic carbocycles. The smallest absolute Gasteiger partial charge is 0.289 e. The molecule has 1 N–H and O–H groups in total. The molecule has 3 rings (SSSR count). The van der Waals surface area contributed by atoms with Crippen LogP contribution in [0.4, 0.5) is 4.39 Å². The largest absolute Gasteiger partial charge is 0.503 e. The van der Waals surface area contributed by atoms with E-state index < -0.39 is 17.4 Å². The third-order valence-electron chi connectivity index (χ3n) is 4.24. The number of aliphatic hydroxyl groups is 1. The van der Waals surface area contributed by atoms with Gasteiger partial charge in [-0.15, -0.1) is 0 Å². The summed E-state index contributed by atoms with van der Waals surface area (Å²) in [6.45, 7) is 3.68. The van der Waals surface area contributed by atoms with Crippen molar-refractivity contribution in [2.75, 3.05) is 6.54 Å². The van der Waals surface area contributed by atoms with Crippen molar-refractivity contribution in [3.8, 4) is 0 Å². The van der Waals surface area contributed by atoms with Crippen LogP contribution in [0.2, 0.25) is 0 Å². The molecule has 0 fully saturated rings. The van der Waals surface area contributed by atoms with E-state index in [4.69, 9.17) is 4.42 Å². The average Bonchev–Trinajstić information content (AvgIpc) is 3.15. The van der Waals surface area contributed by atoms with E-state index in [2.05, 4.69) is 0 Å². The molecule has 1 aromatic heterocycles. The molecule has 0 spiro atoms. The molecule has 5 nitrogen and oxygen atoms in total. The Balaban J connectivity index is 1.86. The maximum Gasteiger partial charge on any atom is 0.289 e. The molecule has 0 saturated heterocycles. The molecule has 0 radical (unpaired) electrons. The summed E-state index contributed by atoms with van der Waals surface area (Å²) >= 11 is 0. The molecule has 6 heteroatoms. The molecular formula is C19H18FNO4. The molecule has 1 aliphatic heterocycles. The van der Waals surface area contributed by atoms with Crippen molar-refractivity contribution in [3.05, 3.63) is 70.6 Å². The number of carbonyl (C=O) groups excluding carboxylic acids is 2. The number of ketones is 1. The topological polar surface area (TPSA) is 70.8 Å². The second-order valence-corrected chi connectivity index (χ2v) is 6.26. The molecule has 1 aromatic carbocycles. The zero-order valence-electron chi connectivity index (χ0n) is 14.0. The molecule has 2 aromatic rings. The summed E-state index contributed by atoms with van der Waals surface area (Å²) in [6.07, 6.45) is 1.77. The number of hydrogen-bond acceptors (Lipinski definition) is 4. The van der Waals surface area contributed by atoms with Crippen LogP contribution in [-0.2, 0) is 11.2 Å². The van der Waals surface area contributed by atoms with Crippen LogP contribution in [0.1, 0.15) is 35.5 Å². The number of benzene rings is 1. The van der Waals surface area contributed by atoms with Crippen molar-refractivity contribution in [3.63, 3.8) is 0 Å². The highest BCUT2D eigenvalue weighted by Gasteiger charge is 2.37. The predicted molar refractivity (Wildman–Crippen MR) is 88.7 cm³/mol. The van der Waals surface area contributed by atoms with E-state index in [1.807, 2.05) is 13.8 Å². The van der Waals surface area contributed by atoms with E-state index in [0.29, 0.717) is 12.0 Å². The van der Waals surface area contributed by atoms with Gasteiger partial charge in [0.2, 0.25) is 5.78 Å². The maximum atomic E-state index is 13.0. The van der Waals surface area contributed by atoms with Crippen LogP contribution in [0.15, 0.2) is 52.3 Å². The Morgan fingerprint density at radius 3 is 2.56 bits per heavy atom. The van der Waals surface area contributed by atoms with Crippen molar-refractivity contribution >= 4 is 11.7 Å². The van der Waals surface area contributed by atoms with Crippen molar-refractivity contribution < 1.29 is 23.5 Å². The Morgan fingerprint density at radius 1 is 1.28 bits per heavy atom. The average molecular weight is 343 g/mol. The number of nitrogens with zero attached hydrogens (tertiary/aromatic N) is 1. The van der Waals surface area contributed by atoms with Crippen LogP contribution < -0.4 is 0 Å². The zero-order valence-corrected chi connectivity index (χ0v) is 14.0. The highest BCUT2D eigenvalue weighted by Crippen LogP contribution is 2.26. The molecular weight excluding hydrogens is 325 g/mol. The van der Waals surface area contributed by atoms with Crippen LogP contribution >= 0.6 is 0 Å². The molecule has 130 valence electrons. The number of rotatable bonds is 5. The van der Waals surface area contributed by atoms with Crippen LogP contribution in [0.25, 0.3) is 0 Å². The van der Waals surface area contributed by atoms with Crippen molar-refractivity contribution in [2.24, 2.45) is 0 Å². The van der Waals surface area contributed by atoms with Gasteiger partial charge in [-0.25, -0.2) is 4.39 Å². The summed E-state index contributed by atoms with van der Waals surface area (Å²) in [4.78, 5) is 26.2. The van der Waals surface area contributed by atoms with Gasteiger partial charge in [0.1, 0.15) is 5.82 Å². The summed E-state index contributed by atoms with van der Waals surface area (Å²) in [5, 5.41) is 10.0. The van der Waals surface area contributed by atoms with E-state index in [0.717, 1.165) is 5.56 Å². The van der Waals surface area contributed by atoms with Gasteiger partial charge in [-0.05, 0) is 37.6 Å². The van der Waals surface area contributed by atoms with E-state index >= 15 is 0 Å². The molecule has 25 heavy (non-hydrogen) atoms. The first-order valence-corrected chi connectivity index (χ1v) is 7.97. The highest BCUT2D eigenvalue weighted by atomic mass is 19.1. The Kier molecular flexibility index (Phi) is 4.44. The van der Waals surface area contributed by atoms with Gasteiger partial charge in [-0.2, -0.15) is 0 Å². The second kappa shape index (κ2) is 6.55. The van der Waals surface area contributed by atoms with Gasteiger partial charge in [0.05, 0.1) is 18.4 Å². The fraction of sp³-hybridized carbons (Fsp3) is 0.263. The standard InChI is InChI=1S/C19H18FNO4/c1-11(2)21-10-15(17(23)19(21)24)16(22)18-13(7-8-25-18)9-12-3-5-14(20)6-4-12/h3-8,11,23H,9-10H2,1-2H3. The summed E-state index contributed by atoms with van der Waals surface area (Å²) < 4.78 is 18.3. The fourth-order valence-electron chi connectivity index (χ4n) is 2.81. The van der Waals surface area contributed by atoms with E-state index in [9.17, 15) is 19.1 Å². The van der Waals surface area contributed by atoms with Crippen molar-refractivity contribution in [1.29, 1.82) is 0 Å². The molecule has 0 saturated carbocycles. The molecule has 2 heterocycles. The fourth-order valence-corrected chi connectivity index (χ4v) is 2.81. The van der Waals surface area contributed by atoms with Gasteiger partial charge in [0.15, 0.2) is 11.5 Å². The Labute approximate surface area is 144 Å². The minimum absolute atomic E-state index is 0.0361. The molecule has 1 aliphatic rings. The lowest BCUT2D eigenvalue weighted by Crippen LogP contribution is -2.34. The first-order chi connectivity index (χ1) is 11.9. The van der Waals surface area contributed by atoms with Crippen molar-refractivity contribution in [2.45, 2.75) is 26.3 Å². The third kappa shape index (κ3) is 3.20. The lowest BCUT2D eigenvalue weighted by atomic mass is 10.0. The van der Waals surface area contributed by atoms with Gasteiger partial charge >= 0.3 is 0 Å². The highest BCUT2D eigenvalue weighted by molar-refractivity contribution is 6.14. The molecule has 0 bridgehead atoms. The summed E-state index contributed by atoms with van der Waals surface area (Å²) in [7, 11) is 0.